The number of carbonyl (C=O) groups is 1. The van der Waals surface area contributed by atoms with Crippen LogP contribution < -0.4 is 4.74 Å². The number of ether oxygens (including phenoxy) is 1. The van der Waals surface area contributed by atoms with Crippen molar-refractivity contribution in [3.05, 3.63) is 52.8 Å². The minimum Gasteiger partial charge on any atom is -0.458 e. The van der Waals surface area contributed by atoms with Gasteiger partial charge < -0.3 is 4.74 Å². The zero-order valence-corrected chi connectivity index (χ0v) is 17.4. The van der Waals surface area contributed by atoms with Gasteiger partial charge in [0.25, 0.3) is 5.95 Å². The van der Waals surface area contributed by atoms with Crippen molar-refractivity contribution in [2.45, 2.75) is 32.8 Å². The van der Waals surface area contributed by atoms with E-state index in [9.17, 15) is 4.79 Å². The maximum atomic E-state index is 11.9. The van der Waals surface area contributed by atoms with Crippen LogP contribution in [0.3, 0.4) is 0 Å². The highest BCUT2D eigenvalue weighted by molar-refractivity contribution is 6.35. The van der Waals surface area contributed by atoms with Gasteiger partial charge in [0.1, 0.15) is 17.9 Å². The van der Waals surface area contributed by atoms with Gasteiger partial charge in [0.15, 0.2) is 0 Å². The third-order valence-corrected chi connectivity index (χ3v) is 4.83. The molecule has 0 saturated heterocycles. The minimum absolute atomic E-state index is 0.169. The van der Waals surface area contributed by atoms with Crippen LogP contribution in [0.15, 0.2) is 36.4 Å². The maximum absolute atomic E-state index is 11.9. The molecule has 0 spiro atoms. The Kier molecular flexibility index (Phi) is 5.71. The van der Waals surface area contributed by atoms with Gasteiger partial charge in [0.05, 0.1) is 16.2 Å². The number of para-hydroxylation sites is 1. The van der Waals surface area contributed by atoms with Gasteiger partial charge >= 0.3 is 6.01 Å². The molecule has 3 aromatic heterocycles. The van der Waals surface area contributed by atoms with E-state index in [4.69, 9.17) is 16.3 Å². The Morgan fingerprint density at radius 2 is 1.93 bits per heavy atom. The van der Waals surface area contributed by atoms with Crippen LogP contribution in [-0.4, -0.2) is 40.5 Å². The fourth-order valence-electron chi connectivity index (χ4n) is 3.16. The largest absolute Gasteiger partial charge is 0.458 e. The monoisotopic (exact) mass is 425 g/mol. The van der Waals surface area contributed by atoms with Crippen LogP contribution in [0.5, 0.6) is 6.01 Å². The van der Waals surface area contributed by atoms with E-state index in [1.165, 1.54) is 4.68 Å². The smallest absolute Gasteiger partial charge is 0.305 e. The third kappa shape index (κ3) is 4.02. The first-order valence-corrected chi connectivity index (χ1v) is 9.93. The summed E-state index contributed by atoms with van der Waals surface area (Å²) >= 11 is 6.32. The Labute approximate surface area is 177 Å². The molecule has 154 valence electrons. The van der Waals surface area contributed by atoms with Crippen LogP contribution >= 0.6 is 11.6 Å². The van der Waals surface area contributed by atoms with Crippen molar-refractivity contribution in [1.29, 1.82) is 0 Å². The minimum atomic E-state index is 0.169. The molecule has 4 aromatic rings. The number of hydrogen-bond donors (Lipinski definition) is 0. The van der Waals surface area contributed by atoms with E-state index in [1.54, 1.807) is 17.7 Å². The molecular weight excluding hydrogens is 406 g/mol. The molecule has 10 heteroatoms. The second kappa shape index (κ2) is 8.58. The number of hydrogen-bond acceptors (Lipinski definition) is 7. The first-order valence-electron chi connectivity index (χ1n) is 9.55. The Morgan fingerprint density at radius 3 is 2.70 bits per heavy atom. The van der Waals surface area contributed by atoms with Crippen LogP contribution in [0.25, 0.3) is 17.0 Å². The Morgan fingerprint density at radius 1 is 1.13 bits per heavy atom. The Balaban J connectivity index is 1.63. The van der Waals surface area contributed by atoms with E-state index in [0.717, 1.165) is 17.6 Å². The number of nitrogens with zero attached hydrogens (tertiary/aromatic N) is 7. The zero-order chi connectivity index (χ0) is 21.1. The number of aryl methyl sites for hydroxylation is 1. The van der Waals surface area contributed by atoms with Crippen LogP contribution in [0, 0.1) is 0 Å². The van der Waals surface area contributed by atoms with Gasteiger partial charge in [-0.05, 0) is 41.1 Å². The molecule has 0 saturated carbocycles. The topological polar surface area (TPSA) is 101 Å². The number of aromatic nitrogens is 7. The van der Waals surface area contributed by atoms with Gasteiger partial charge in [-0.3, -0.25) is 9.78 Å². The molecular formula is C20H20ClN7O2. The fourth-order valence-corrected chi connectivity index (χ4v) is 3.38. The van der Waals surface area contributed by atoms with Crippen LogP contribution in [0.4, 0.5) is 0 Å². The molecule has 1 aromatic carbocycles. The predicted octanol–water partition coefficient (Wildman–Crippen LogP) is 3.09. The second-order valence-electron chi connectivity index (χ2n) is 6.81. The van der Waals surface area contributed by atoms with Crippen molar-refractivity contribution in [2.24, 2.45) is 7.05 Å². The maximum Gasteiger partial charge on any atom is 0.305 e. The molecule has 4 rings (SSSR count). The molecule has 9 nitrogen and oxygen atoms in total. The molecule has 0 aliphatic carbocycles. The molecule has 0 aliphatic heterocycles. The van der Waals surface area contributed by atoms with Crippen LogP contribution in [-0.2, 0) is 24.9 Å². The lowest BCUT2D eigenvalue weighted by Gasteiger charge is -2.09. The molecule has 0 amide bonds. The van der Waals surface area contributed by atoms with Gasteiger partial charge in [-0.25, -0.2) is 9.25 Å². The van der Waals surface area contributed by atoms with Gasteiger partial charge in [0.2, 0.25) is 0 Å². The molecule has 0 unspecified atom stereocenters. The molecule has 0 N–H and O–H groups in total. The van der Waals surface area contributed by atoms with Gasteiger partial charge in [0, 0.05) is 25.6 Å². The first-order chi connectivity index (χ1) is 14.6. The van der Waals surface area contributed by atoms with Crippen molar-refractivity contribution >= 4 is 28.4 Å². The molecule has 3 heterocycles. The van der Waals surface area contributed by atoms with Crippen molar-refractivity contribution in [3.8, 4) is 12.0 Å². The lowest BCUT2D eigenvalue weighted by molar-refractivity contribution is -0.118. The number of ketones is 1. The summed E-state index contributed by atoms with van der Waals surface area (Å²) in [5, 5.41) is 12.2. The number of halogens is 1. The summed E-state index contributed by atoms with van der Waals surface area (Å²) in [5.74, 6) is 0.621. The molecule has 0 radical (unpaired) electrons. The van der Waals surface area contributed by atoms with Crippen molar-refractivity contribution in [3.63, 3.8) is 0 Å². The van der Waals surface area contributed by atoms with Crippen molar-refractivity contribution in [2.75, 3.05) is 0 Å². The van der Waals surface area contributed by atoms with E-state index in [1.807, 2.05) is 37.3 Å². The number of benzene rings is 1. The third-order valence-electron chi connectivity index (χ3n) is 4.52. The van der Waals surface area contributed by atoms with E-state index >= 15 is 0 Å². The first kappa shape index (κ1) is 20.0. The molecule has 30 heavy (non-hydrogen) atoms. The standard InChI is InChI=1S/C20H20ClN7O2/c1-3-6-15(29)11-13-7-4-8-14(22-13)12-30-20-23-18-16(21)9-5-10-17(18)28(20)19-24-25-26-27(19)2/h4-5,7-10H,3,6,11-12H2,1-2H3. The number of tetrazole rings is 1. The number of pyridine rings is 1. The summed E-state index contributed by atoms with van der Waals surface area (Å²) in [6.07, 6.45) is 1.71. The Hall–Kier alpha value is -3.33. The summed E-state index contributed by atoms with van der Waals surface area (Å²) in [6, 6.07) is 11.3. The highest BCUT2D eigenvalue weighted by Crippen LogP contribution is 2.29. The predicted molar refractivity (Wildman–Crippen MR) is 111 cm³/mol. The molecule has 0 fully saturated rings. The summed E-state index contributed by atoms with van der Waals surface area (Å²) in [4.78, 5) is 21.0. The lowest BCUT2D eigenvalue weighted by Crippen LogP contribution is -2.09. The quantitative estimate of drug-likeness (QED) is 0.427. The summed E-state index contributed by atoms with van der Waals surface area (Å²) in [6.45, 7) is 2.16. The highest BCUT2D eigenvalue weighted by Gasteiger charge is 2.20. The van der Waals surface area contributed by atoms with E-state index < -0.39 is 0 Å². The average molecular weight is 426 g/mol. The highest BCUT2D eigenvalue weighted by atomic mass is 35.5. The molecule has 0 atom stereocenters. The van der Waals surface area contributed by atoms with Crippen LogP contribution in [0.2, 0.25) is 5.02 Å². The summed E-state index contributed by atoms with van der Waals surface area (Å²) in [5.41, 5.74) is 2.73. The summed E-state index contributed by atoms with van der Waals surface area (Å²) in [7, 11) is 1.73. The molecule has 0 aliphatic rings. The van der Waals surface area contributed by atoms with Gasteiger partial charge in [-0.15, -0.1) is 0 Å². The SMILES string of the molecule is CCCC(=O)Cc1cccc(COc2nc3c(Cl)cccc3n2-c2nnnn2C)n1. The zero-order valence-electron chi connectivity index (χ0n) is 16.6. The van der Waals surface area contributed by atoms with E-state index in [-0.39, 0.29) is 12.4 Å². The Bertz CT molecular complexity index is 1200. The molecule has 0 bridgehead atoms. The van der Waals surface area contributed by atoms with E-state index in [2.05, 4.69) is 25.5 Å². The van der Waals surface area contributed by atoms with E-state index in [0.29, 0.717) is 41.0 Å². The fraction of sp³-hybridized carbons (Fsp3) is 0.300. The second-order valence-corrected chi connectivity index (χ2v) is 7.22. The number of rotatable bonds is 8. The van der Waals surface area contributed by atoms with Crippen molar-refractivity contribution < 1.29 is 9.53 Å². The number of Topliss-reactive ketones (excluding diaryl/α,β-unsaturated/α-hetero) is 1. The van der Waals surface area contributed by atoms with Gasteiger partial charge in [-0.1, -0.05) is 35.8 Å². The summed E-state index contributed by atoms with van der Waals surface area (Å²) < 4.78 is 9.21. The average Bonchev–Trinajstić information content (AvgIpc) is 3.30. The number of imidazole rings is 1. The van der Waals surface area contributed by atoms with Gasteiger partial charge in [-0.2, -0.15) is 4.98 Å². The number of fused-ring (bicyclic) bond motifs is 1. The number of carbonyl (C=O) groups excluding carboxylic acids is 1. The normalized spacial score (nSPS) is 11.2. The lowest BCUT2D eigenvalue weighted by atomic mass is 10.1. The van der Waals surface area contributed by atoms with Crippen molar-refractivity contribution in [1.82, 2.24) is 34.7 Å². The van der Waals surface area contributed by atoms with Crippen LogP contribution in [0.1, 0.15) is 31.2 Å².